The van der Waals surface area contributed by atoms with E-state index in [1.54, 1.807) is 0 Å². The van der Waals surface area contributed by atoms with Crippen LogP contribution in [0.15, 0.2) is 12.3 Å². The summed E-state index contributed by atoms with van der Waals surface area (Å²) in [5.41, 5.74) is 1.07. The maximum absolute atomic E-state index is 5.50. The van der Waals surface area contributed by atoms with Gasteiger partial charge in [-0.25, -0.2) is 0 Å². The molecule has 0 aliphatic rings. The van der Waals surface area contributed by atoms with Crippen molar-refractivity contribution < 1.29 is 4.74 Å². The van der Waals surface area contributed by atoms with Crippen LogP contribution in [-0.2, 0) is 11.3 Å². The highest BCUT2D eigenvalue weighted by atomic mass is 35.5. The van der Waals surface area contributed by atoms with Gasteiger partial charge in [0.15, 0.2) is 0 Å². The Morgan fingerprint density at radius 3 is 3.06 bits per heavy atom. The first-order chi connectivity index (χ1) is 8.27. The van der Waals surface area contributed by atoms with Crippen LogP contribution in [0.1, 0.15) is 32.0 Å². The summed E-state index contributed by atoms with van der Waals surface area (Å²) in [6.45, 7) is 7.26. The van der Waals surface area contributed by atoms with Crippen LogP contribution in [0.3, 0.4) is 0 Å². The van der Waals surface area contributed by atoms with Gasteiger partial charge in [-0.3, -0.25) is 4.68 Å². The SMILES string of the molecule is CCC(C)n1ccc(CNCCOCCCl)n1. The Hall–Kier alpha value is -0.580. The molecule has 5 heteroatoms. The normalized spacial score (nSPS) is 12.9. The van der Waals surface area contributed by atoms with E-state index in [0.717, 1.165) is 25.2 Å². The minimum Gasteiger partial charge on any atom is -0.379 e. The number of aromatic nitrogens is 2. The molecule has 0 spiro atoms. The van der Waals surface area contributed by atoms with E-state index in [9.17, 15) is 0 Å². The molecule has 1 aromatic rings. The number of ether oxygens (including phenoxy) is 1. The lowest BCUT2D eigenvalue weighted by molar-refractivity contribution is 0.150. The molecule has 0 saturated carbocycles. The number of rotatable bonds is 9. The van der Waals surface area contributed by atoms with Crippen molar-refractivity contribution in [2.24, 2.45) is 0 Å². The summed E-state index contributed by atoms with van der Waals surface area (Å²) in [7, 11) is 0. The second-order valence-corrected chi connectivity index (χ2v) is 4.40. The molecule has 1 atom stereocenters. The number of alkyl halides is 1. The third kappa shape index (κ3) is 5.52. The molecular formula is C12H22ClN3O. The molecule has 0 aromatic carbocycles. The van der Waals surface area contributed by atoms with E-state index in [2.05, 4.69) is 30.3 Å². The van der Waals surface area contributed by atoms with E-state index in [1.165, 1.54) is 0 Å². The Bertz CT molecular complexity index is 304. The summed E-state index contributed by atoms with van der Waals surface area (Å²) in [4.78, 5) is 0. The van der Waals surface area contributed by atoms with Crippen LogP contribution in [-0.4, -0.2) is 35.4 Å². The van der Waals surface area contributed by atoms with Crippen molar-refractivity contribution in [2.45, 2.75) is 32.9 Å². The van der Waals surface area contributed by atoms with Crippen LogP contribution < -0.4 is 5.32 Å². The molecule has 4 nitrogen and oxygen atoms in total. The largest absolute Gasteiger partial charge is 0.379 e. The van der Waals surface area contributed by atoms with E-state index in [0.29, 0.717) is 25.1 Å². The lowest BCUT2D eigenvalue weighted by Crippen LogP contribution is -2.20. The highest BCUT2D eigenvalue weighted by Crippen LogP contribution is 2.08. The fraction of sp³-hybridized carbons (Fsp3) is 0.750. The summed E-state index contributed by atoms with van der Waals surface area (Å²) in [5, 5.41) is 7.79. The fourth-order valence-corrected chi connectivity index (χ4v) is 1.53. The van der Waals surface area contributed by atoms with E-state index >= 15 is 0 Å². The molecule has 0 aliphatic carbocycles. The van der Waals surface area contributed by atoms with Crippen LogP contribution in [0.2, 0.25) is 0 Å². The van der Waals surface area contributed by atoms with Gasteiger partial charge >= 0.3 is 0 Å². The average molecular weight is 260 g/mol. The topological polar surface area (TPSA) is 39.1 Å². The molecule has 0 amide bonds. The third-order valence-electron chi connectivity index (χ3n) is 2.66. The van der Waals surface area contributed by atoms with E-state index in [1.807, 2.05) is 10.9 Å². The summed E-state index contributed by atoms with van der Waals surface area (Å²) in [6.07, 6.45) is 3.13. The van der Waals surface area contributed by atoms with Gasteiger partial charge in [0.25, 0.3) is 0 Å². The molecule has 1 rings (SSSR count). The van der Waals surface area contributed by atoms with E-state index < -0.39 is 0 Å². The smallest absolute Gasteiger partial charge is 0.0762 e. The van der Waals surface area contributed by atoms with Crippen molar-refractivity contribution in [3.63, 3.8) is 0 Å². The van der Waals surface area contributed by atoms with E-state index in [-0.39, 0.29) is 0 Å². The number of halogens is 1. The van der Waals surface area contributed by atoms with Gasteiger partial charge in [-0.1, -0.05) is 6.92 Å². The molecule has 1 N–H and O–H groups in total. The average Bonchev–Trinajstić information content (AvgIpc) is 2.81. The van der Waals surface area contributed by atoms with Crippen molar-refractivity contribution >= 4 is 11.6 Å². The summed E-state index contributed by atoms with van der Waals surface area (Å²) in [5.74, 6) is 0.555. The standard InChI is InChI=1S/C12H22ClN3O/c1-3-11(2)16-7-4-12(15-16)10-14-6-9-17-8-5-13/h4,7,11,14H,3,5-6,8-10H2,1-2H3. The van der Waals surface area contributed by atoms with Crippen molar-refractivity contribution in [3.05, 3.63) is 18.0 Å². The highest BCUT2D eigenvalue weighted by Gasteiger charge is 2.03. The second kappa shape index (κ2) is 8.50. The summed E-state index contributed by atoms with van der Waals surface area (Å²) >= 11 is 5.50. The van der Waals surface area contributed by atoms with Crippen LogP contribution in [0.5, 0.6) is 0 Å². The minimum absolute atomic E-state index is 0.468. The maximum atomic E-state index is 5.50. The molecule has 17 heavy (non-hydrogen) atoms. The number of nitrogens with zero attached hydrogens (tertiary/aromatic N) is 2. The van der Waals surface area contributed by atoms with Crippen LogP contribution in [0, 0.1) is 0 Å². The van der Waals surface area contributed by atoms with E-state index in [4.69, 9.17) is 16.3 Å². The Balaban J connectivity index is 2.16. The quantitative estimate of drug-likeness (QED) is 0.546. The molecule has 0 fully saturated rings. The molecular weight excluding hydrogens is 238 g/mol. The summed E-state index contributed by atoms with van der Waals surface area (Å²) in [6, 6.07) is 2.52. The lowest BCUT2D eigenvalue weighted by Gasteiger charge is -2.08. The highest BCUT2D eigenvalue weighted by molar-refractivity contribution is 6.17. The van der Waals surface area contributed by atoms with Crippen molar-refractivity contribution in [2.75, 3.05) is 25.6 Å². The molecule has 1 unspecified atom stereocenters. The predicted molar refractivity (Wildman–Crippen MR) is 70.5 cm³/mol. The number of hydrogen-bond donors (Lipinski definition) is 1. The van der Waals surface area contributed by atoms with Gasteiger partial charge in [0.1, 0.15) is 0 Å². The first kappa shape index (κ1) is 14.5. The summed E-state index contributed by atoms with van der Waals surface area (Å²) < 4.78 is 7.28. The molecule has 98 valence electrons. The zero-order valence-electron chi connectivity index (χ0n) is 10.7. The molecule has 0 bridgehead atoms. The second-order valence-electron chi connectivity index (χ2n) is 4.02. The van der Waals surface area contributed by atoms with Crippen LogP contribution in [0.25, 0.3) is 0 Å². The Kier molecular flexibility index (Phi) is 7.24. The van der Waals surface area contributed by atoms with Crippen LogP contribution in [0.4, 0.5) is 0 Å². The van der Waals surface area contributed by atoms with Gasteiger partial charge in [0.2, 0.25) is 0 Å². The fourth-order valence-electron chi connectivity index (χ4n) is 1.42. The third-order valence-corrected chi connectivity index (χ3v) is 2.81. The van der Waals surface area contributed by atoms with Gasteiger partial charge in [-0.15, -0.1) is 11.6 Å². The van der Waals surface area contributed by atoms with Gasteiger partial charge in [0.05, 0.1) is 18.9 Å². The molecule has 1 heterocycles. The van der Waals surface area contributed by atoms with Crippen molar-refractivity contribution in [3.8, 4) is 0 Å². The maximum Gasteiger partial charge on any atom is 0.0762 e. The van der Waals surface area contributed by atoms with Gasteiger partial charge in [0, 0.05) is 31.2 Å². The number of nitrogens with one attached hydrogen (secondary N) is 1. The Morgan fingerprint density at radius 1 is 1.53 bits per heavy atom. The molecule has 0 saturated heterocycles. The van der Waals surface area contributed by atoms with Crippen LogP contribution >= 0.6 is 11.6 Å². The van der Waals surface area contributed by atoms with Gasteiger partial charge in [-0.05, 0) is 19.4 Å². The zero-order valence-corrected chi connectivity index (χ0v) is 11.4. The lowest BCUT2D eigenvalue weighted by atomic mass is 10.3. The monoisotopic (exact) mass is 259 g/mol. The minimum atomic E-state index is 0.468. The molecule has 0 aliphatic heterocycles. The first-order valence-electron chi connectivity index (χ1n) is 6.16. The molecule has 0 radical (unpaired) electrons. The Morgan fingerprint density at radius 2 is 2.35 bits per heavy atom. The van der Waals surface area contributed by atoms with Crippen molar-refractivity contribution in [1.82, 2.24) is 15.1 Å². The van der Waals surface area contributed by atoms with Gasteiger partial charge < -0.3 is 10.1 Å². The number of hydrogen-bond acceptors (Lipinski definition) is 3. The van der Waals surface area contributed by atoms with Gasteiger partial charge in [-0.2, -0.15) is 5.10 Å². The first-order valence-corrected chi connectivity index (χ1v) is 6.69. The zero-order chi connectivity index (χ0) is 12.5. The molecule has 1 aromatic heterocycles. The Labute approximate surface area is 108 Å². The predicted octanol–water partition coefficient (Wildman–Crippen LogP) is 2.20. The van der Waals surface area contributed by atoms with Crippen molar-refractivity contribution in [1.29, 1.82) is 0 Å².